The summed E-state index contributed by atoms with van der Waals surface area (Å²) >= 11 is 0. The van der Waals surface area contributed by atoms with E-state index >= 15 is 0 Å². The molecule has 0 spiro atoms. The molecule has 0 saturated carbocycles. The number of rotatable bonds is 9. The van der Waals surface area contributed by atoms with Crippen LogP contribution in [0.4, 0.5) is 5.69 Å². The molecule has 2 aliphatic rings. The SMILES string of the molecule is CC1=CC[C@H]2C(=O)N(N(CC(=O)c3ccc(OS(=O)(=O)c4ccc(C)cc4)cc3)C(=O)c3ccc([N+](=O)[O-])cc3)C(=O)[C@@H]2C1. The van der Waals surface area contributed by atoms with Gasteiger partial charge in [0.15, 0.2) is 5.78 Å². The fourth-order valence-electron chi connectivity index (χ4n) is 5.17. The van der Waals surface area contributed by atoms with Gasteiger partial charge in [-0.05, 0) is 75.2 Å². The smallest absolute Gasteiger partial charge is 0.339 e. The predicted octanol–water partition coefficient (Wildman–Crippen LogP) is 4.25. The van der Waals surface area contributed by atoms with Crippen LogP contribution >= 0.6 is 0 Å². The van der Waals surface area contributed by atoms with E-state index in [2.05, 4.69) is 0 Å². The number of nitro groups is 1. The molecule has 44 heavy (non-hydrogen) atoms. The molecule has 3 aromatic carbocycles. The molecule has 1 fully saturated rings. The minimum absolute atomic E-state index is 0.0467. The van der Waals surface area contributed by atoms with E-state index in [4.69, 9.17) is 4.18 Å². The Labute approximate surface area is 252 Å². The van der Waals surface area contributed by atoms with Gasteiger partial charge in [-0.2, -0.15) is 13.4 Å². The molecule has 2 atom stereocenters. The number of aryl methyl sites for hydroxylation is 1. The molecule has 226 valence electrons. The fourth-order valence-corrected chi connectivity index (χ4v) is 6.10. The van der Waals surface area contributed by atoms with Gasteiger partial charge in [0.25, 0.3) is 23.4 Å². The number of ketones is 1. The second-order valence-corrected chi connectivity index (χ2v) is 12.2. The molecule has 0 aromatic heterocycles. The summed E-state index contributed by atoms with van der Waals surface area (Å²) in [5, 5.41) is 12.6. The van der Waals surface area contributed by atoms with Gasteiger partial charge in [0.1, 0.15) is 17.2 Å². The van der Waals surface area contributed by atoms with Crippen molar-refractivity contribution >= 4 is 39.3 Å². The van der Waals surface area contributed by atoms with Crippen LogP contribution in [-0.4, -0.2) is 53.4 Å². The van der Waals surface area contributed by atoms with E-state index in [-0.39, 0.29) is 27.5 Å². The van der Waals surface area contributed by atoms with Crippen molar-refractivity contribution < 1.29 is 36.7 Å². The van der Waals surface area contributed by atoms with Crippen LogP contribution in [0.2, 0.25) is 0 Å². The molecule has 3 amide bonds. The standard InChI is InChI=1S/C31H27N3O9S/c1-19-3-14-25(15-4-19)44(41,42)43-24-12-8-21(9-13-24)28(35)18-32(29(36)22-6-10-23(11-7-22)34(39)40)33-30(37)26-16-5-20(2)17-27(26)31(33)38/h3-15,26-27H,16-18H2,1-2H3/t26-,27-/m1/s1. The van der Waals surface area contributed by atoms with Crippen molar-refractivity contribution in [2.45, 2.75) is 31.6 Å². The maximum atomic E-state index is 13.7. The average molecular weight is 618 g/mol. The summed E-state index contributed by atoms with van der Waals surface area (Å²) < 4.78 is 30.5. The Hall–Kier alpha value is -5.17. The van der Waals surface area contributed by atoms with Gasteiger partial charge >= 0.3 is 10.1 Å². The number of hydrazine groups is 1. The van der Waals surface area contributed by atoms with Crippen LogP contribution in [-0.2, 0) is 19.7 Å². The summed E-state index contributed by atoms with van der Waals surface area (Å²) in [5.41, 5.74) is 1.52. The van der Waals surface area contributed by atoms with E-state index in [1.807, 2.05) is 19.9 Å². The van der Waals surface area contributed by atoms with Gasteiger partial charge in [0.05, 0.1) is 16.8 Å². The molecule has 3 aromatic rings. The Morgan fingerprint density at radius 3 is 2.11 bits per heavy atom. The molecule has 13 heteroatoms. The molecule has 0 N–H and O–H groups in total. The number of non-ortho nitro benzene ring substituents is 1. The molecule has 12 nitrogen and oxygen atoms in total. The molecule has 1 aliphatic heterocycles. The van der Waals surface area contributed by atoms with Crippen LogP contribution in [0, 0.1) is 28.9 Å². The summed E-state index contributed by atoms with van der Waals surface area (Å²) in [5.74, 6) is -4.17. The Bertz CT molecular complexity index is 1800. The van der Waals surface area contributed by atoms with Crippen LogP contribution in [0.1, 0.15) is 46.0 Å². The zero-order chi connectivity index (χ0) is 31.8. The average Bonchev–Trinajstić information content (AvgIpc) is 3.24. The first-order valence-corrected chi connectivity index (χ1v) is 15.0. The van der Waals surface area contributed by atoms with Gasteiger partial charge in [-0.15, -0.1) is 0 Å². The number of nitrogens with zero attached hydrogens (tertiary/aromatic N) is 3. The van der Waals surface area contributed by atoms with Crippen LogP contribution in [0.3, 0.4) is 0 Å². The van der Waals surface area contributed by atoms with Gasteiger partial charge in [-0.1, -0.05) is 29.3 Å². The Kier molecular flexibility index (Phi) is 8.15. The van der Waals surface area contributed by atoms with E-state index in [0.29, 0.717) is 12.8 Å². The lowest BCUT2D eigenvalue weighted by Crippen LogP contribution is -2.52. The van der Waals surface area contributed by atoms with E-state index < -0.39 is 56.9 Å². The van der Waals surface area contributed by atoms with Crippen LogP contribution in [0.5, 0.6) is 5.75 Å². The van der Waals surface area contributed by atoms with Crippen LogP contribution in [0.15, 0.2) is 89.3 Å². The maximum Gasteiger partial charge on any atom is 0.339 e. The van der Waals surface area contributed by atoms with Crippen molar-refractivity contribution in [2.75, 3.05) is 6.54 Å². The summed E-state index contributed by atoms with van der Waals surface area (Å²) in [7, 11) is -4.14. The number of carbonyl (C=O) groups is 4. The van der Waals surface area contributed by atoms with Crippen molar-refractivity contribution in [2.24, 2.45) is 11.8 Å². The summed E-state index contributed by atoms with van der Waals surface area (Å²) in [6, 6.07) is 15.8. The fraction of sp³-hybridized carbons (Fsp3) is 0.226. The molecular formula is C31H27N3O9S. The first-order valence-electron chi connectivity index (χ1n) is 13.6. The van der Waals surface area contributed by atoms with Gasteiger partial charge in [-0.3, -0.25) is 29.3 Å². The summed E-state index contributed by atoms with van der Waals surface area (Å²) in [4.78, 5) is 64.4. The Morgan fingerprint density at radius 2 is 1.50 bits per heavy atom. The van der Waals surface area contributed by atoms with Crippen molar-refractivity contribution in [1.82, 2.24) is 10.0 Å². The number of imide groups is 1. The van der Waals surface area contributed by atoms with Gasteiger partial charge in [-0.25, -0.2) is 5.01 Å². The van der Waals surface area contributed by atoms with E-state index in [1.54, 1.807) is 12.1 Å². The second kappa shape index (κ2) is 11.8. The highest BCUT2D eigenvalue weighted by Crippen LogP contribution is 2.38. The normalized spacial score (nSPS) is 18.0. The third kappa shape index (κ3) is 5.99. The first-order chi connectivity index (χ1) is 20.9. The van der Waals surface area contributed by atoms with Crippen molar-refractivity contribution in [1.29, 1.82) is 0 Å². The number of fused-ring (bicyclic) bond motifs is 1. The summed E-state index contributed by atoms with van der Waals surface area (Å²) in [6.45, 7) is 2.95. The Balaban J connectivity index is 1.40. The van der Waals surface area contributed by atoms with E-state index in [9.17, 15) is 37.7 Å². The number of Topliss-reactive ketones (excluding diaryl/α,β-unsaturated/α-hetero) is 1. The number of benzene rings is 3. The second-order valence-electron chi connectivity index (χ2n) is 10.7. The first kappa shape index (κ1) is 30.3. The zero-order valence-electron chi connectivity index (χ0n) is 23.7. The topological polar surface area (TPSA) is 161 Å². The molecule has 1 aliphatic carbocycles. The number of amides is 3. The minimum Gasteiger partial charge on any atom is -0.379 e. The largest absolute Gasteiger partial charge is 0.379 e. The monoisotopic (exact) mass is 617 g/mol. The quantitative estimate of drug-likeness (QED) is 0.0853. The highest BCUT2D eigenvalue weighted by molar-refractivity contribution is 7.87. The zero-order valence-corrected chi connectivity index (χ0v) is 24.5. The molecule has 1 heterocycles. The van der Waals surface area contributed by atoms with Crippen LogP contribution < -0.4 is 4.18 Å². The number of nitro benzene ring substituents is 1. The Morgan fingerprint density at radius 1 is 0.909 bits per heavy atom. The number of hydrogen-bond donors (Lipinski definition) is 0. The molecular weight excluding hydrogens is 590 g/mol. The molecule has 0 unspecified atom stereocenters. The van der Waals surface area contributed by atoms with Crippen molar-refractivity contribution in [3.8, 4) is 5.75 Å². The van der Waals surface area contributed by atoms with E-state index in [0.717, 1.165) is 33.3 Å². The number of hydrogen-bond acceptors (Lipinski definition) is 9. The third-order valence-corrected chi connectivity index (χ3v) is 8.85. The lowest BCUT2D eigenvalue weighted by atomic mass is 9.82. The molecule has 1 saturated heterocycles. The van der Waals surface area contributed by atoms with Gasteiger partial charge < -0.3 is 4.18 Å². The van der Waals surface area contributed by atoms with Crippen molar-refractivity contribution in [3.05, 3.63) is 111 Å². The number of allylic oxidation sites excluding steroid dienone is 2. The highest BCUT2D eigenvalue weighted by Gasteiger charge is 2.51. The summed E-state index contributed by atoms with van der Waals surface area (Å²) in [6.07, 6.45) is 2.52. The lowest BCUT2D eigenvalue weighted by molar-refractivity contribution is -0.384. The minimum atomic E-state index is -4.14. The molecule has 5 rings (SSSR count). The number of carbonyl (C=O) groups excluding carboxylic acids is 4. The van der Waals surface area contributed by atoms with Gasteiger partial charge in [0, 0.05) is 23.3 Å². The maximum absolute atomic E-state index is 13.7. The lowest BCUT2D eigenvalue weighted by Gasteiger charge is -2.30. The predicted molar refractivity (Wildman–Crippen MR) is 156 cm³/mol. The third-order valence-electron chi connectivity index (χ3n) is 7.59. The van der Waals surface area contributed by atoms with Crippen LogP contribution in [0.25, 0.3) is 0 Å². The molecule has 0 radical (unpaired) electrons. The van der Waals surface area contributed by atoms with Crippen molar-refractivity contribution in [3.63, 3.8) is 0 Å². The van der Waals surface area contributed by atoms with Gasteiger partial charge in [0.2, 0.25) is 0 Å². The van der Waals surface area contributed by atoms with E-state index in [1.165, 1.54) is 48.5 Å². The molecule has 0 bridgehead atoms. The highest BCUT2D eigenvalue weighted by atomic mass is 32.2.